The van der Waals surface area contributed by atoms with Crippen molar-refractivity contribution < 1.29 is 24.1 Å². The Bertz CT molecular complexity index is 674. The Morgan fingerprint density at radius 2 is 1.83 bits per heavy atom. The molecule has 0 radical (unpaired) electrons. The molecule has 130 valence electrons. The zero-order valence-electron chi connectivity index (χ0n) is 14.3. The van der Waals surface area contributed by atoms with E-state index < -0.39 is 11.9 Å². The minimum Gasteiger partial charge on any atom is -0.508 e. The van der Waals surface area contributed by atoms with E-state index in [9.17, 15) is 5.11 Å². The lowest BCUT2D eigenvalue weighted by molar-refractivity contribution is -0.249. The number of allylic oxidation sites excluding steroid dienone is 3. The normalized spacial score (nSPS) is 20.3. The Hall–Kier alpha value is -2.28. The molecule has 24 heavy (non-hydrogen) atoms. The predicted octanol–water partition coefficient (Wildman–Crippen LogP) is 2.17. The van der Waals surface area contributed by atoms with Crippen LogP contribution >= 0.6 is 0 Å². The van der Waals surface area contributed by atoms with E-state index in [4.69, 9.17) is 24.7 Å². The quantitative estimate of drug-likeness (QED) is 0.776. The van der Waals surface area contributed by atoms with Gasteiger partial charge in [0.05, 0.1) is 12.8 Å². The number of nitrogens with two attached hydrogens (primary N) is 1. The van der Waals surface area contributed by atoms with Gasteiger partial charge in [0.25, 0.3) is 5.79 Å². The van der Waals surface area contributed by atoms with Crippen LogP contribution in [0.5, 0.6) is 5.75 Å². The third-order valence-corrected chi connectivity index (χ3v) is 3.98. The second kappa shape index (κ2) is 7.53. The van der Waals surface area contributed by atoms with Crippen molar-refractivity contribution in [3.8, 4) is 5.75 Å². The van der Waals surface area contributed by atoms with E-state index in [1.165, 1.54) is 28.4 Å². The highest BCUT2D eigenvalue weighted by molar-refractivity contribution is 5.58. The fraction of sp³-hybridized carbons (Fsp3) is 0.333. The minimum atomic E-state index is -1.24. The molecule has 0 saturated heterocycles. The van der Waals surface area contributed by atoms with E-state index in [2.05, 4.69) is 0 Å². The summed E-state index contributed by atoms with van der Waals surface area (Å²) in [4.78, 5) is 0. The maximum absolute atomic E-state index is 9.54. The number of rotatable bonds is 6. The van der Waals surface area contributed by atoms with Crippen molar-refractivity contribution >= 4 is 6.08 Å². The summed E-state index contributed by atoms with van der Waals surface area (Å²) in [5.74, 6) is -0.594. The van der Waals surface area contributed by atoms with Crippen molar-refractivity contribution in [2.45, 2.75) is 11.9 Å². The SMILES string of the molecule is COC1=CC(C=Cc2cccc(O)c2)=C(N)C(OC)C1(OC)OC. The Balaban J connectivity index is 2.44. The molecule has 0 amide bonds. The van der Waals surface area contributed by atoms with Crippen molar-refractivity contribution in [3.63, 3.8) is 0 Å². The molecule has 1 aliphatic carbocycles. The molecule has 0 bridgehead atoms. The Morgan fingerprint density at radius 1 is 1.12 bits per heavy atom. The molecule has 1 aliphatic rings. The zero-order valence-corrected chi connectivity index (χ0v) is 14.3. The van der Waals surface area contributed by atoms with Crippen LogP contribution in [0, 0.1) is 0 Å². The van der Waals surface area contributed by atoms with Crippen LogP contribution in [0.1, 0.15) is 5.56 Å². The van der Waals surface area contributed by atoms with Crippen LogP contribution in [0.15, 0.2) is 53.4 Å². The standard InChI is InChI=1S/C18H23NO5/c1-21-15-11-13(9-8-12-6-5-7-14(20)10-12)16(19)17(22-2)18(15,23-3)24-4/h5-11,17,20H,19H2,1-4H3. The minimum absolute atomic E-state index is 0.198. The van der Waals surface area contributed by atoms with Gasteiger partial charge in [-0.05, 0) is 29.3 Å². The predicted molar refractivity (Wildman–Crippen MR) is 91.0 cm³/mol. The largest absolute Gasteiger partial charge is 0.508 e. The van der Waals surface area contributed by atoms with Crippen LogP contribution in [-0.4, -0.2) is 45.4 Å². The third-order valence-electron chi connectivity index (χ3n) is 3.98. The van der Waals surface area contributed by atoms with Gasteiger partial charge in [0.2, 0.25) is 0 Å². The molecule has 0 spiro atoms. The molecule has 6 nitrogen and oxygen atoms in total. The summed E-state index contributed by atoms with van der Waals surface area (Å²) >= 11 is 0. The number of phenolic OH excluding ortho intramolecular Hbond substituents is 1. The summed E-state index contributed by atoms with van der Waals surface area (Å²) in [7, 11) is 6.06. The summed E-state index contributed by atoms with van der Waals surface area (Å²) in [6, 6.07) is 6.91. The second-order valence-corrected chi connectivity index (χ2v) is 5.24. The van der Waals surface area contributed by atoms with Gasteiger partial charge in [0, 0.05) is 21.3 Å². The number of methoxy groups -OCH3 is 4. The van der Waals surface area contributed by atoms with Gasteiger partial charge in [-0.3, -0.25) is 0 Å². The third kappa shape index (κ3) is 3.17. The number of ether oxygens (including phenoxy) is 4. The van der Waals surface area contributed by atoms with E-state index in [0.717, 1.165) is 5.56 Å². The van der Waals surface area contributed by atoms with E-state index in [-0.39, 0.29) is 5.75 Å². The summed E-state index contributed by atoms with van der Waals surface area (Å²) in [5, 5.41) is 9.54. The highest BCUT2D eigenvalue weighted by atomic mass is 16.7. The van der Waals surface area contributed by atoms with Gasteiger partial charge in [-0.15, -0.1) is 0 Å². The lowest BCUT2D eigenvalue weighted by atomic mass is 9.92. The van der Waals surface area contributed by atoms with Crippen molar-refractivity contribution in [1.29, 1.82) is 0 Å². The van der Waals surface area contributed by atoms with Crippen LogP contribution in [0.25, 0.3) is 6.08 Å². The molecule has 6 heteroatoms. The second-order valence-electron chi connectivity index (χ2n) is 5.24. The molecule has 1 unspecified atom stereocenters. The summed E-state index contributed by atoms with van der Waals surface area (Å²) in [6.07, 6.45) is 4.74. The van der Waals surface area contributed by atoms with Gasteiger partial charge in [0.1, 0.15) is 5.75 Å². The lowest BCUT2D eigenvalue weighted by Gasteiger charge is -2.40. The summed E-state index contributed by atoms with van der Waals surface area (Å²) < 4.78 is 22.0. The van der Waals surface area contributed by atoms with Crippen molar-refractivity contribution in [2.75, 3.05) is 28.4 Å². The fourth-order valence-corrected chi connectivity index (χ4v) is 2.75. The van der Waals surface area contributed by atoms with Gasteiger partial charge in [-0.2, -0.15) is 0 Å². The molecule has 1 aromatic rings. The first-order chi connectivity index (χ1) is 11.5. The molecule has 0 fully saturated rings. The number of aromatic hydroxyl groups is 1. The average Bonchev–Trinajstić information content (AvgIpc) is 2.60. The summed E-state index contributed by atoms with van der Waals surface area (Å²) in [6.45, 7) is 0. The molecule has 3 N–H and O–H groups in total. The van der Waals surface area contributed by atoms with E-state index in [1.54, 1.807) is 24.3 Å². The van der Waals surface area contributed by atoms with Crippen molar-refractivity contribution in [3.05, 3.63) is 59.0 Å². The molecule has 1 aromatic carbocycles. The number of phenols is 1. The first-order valence-corrected chi connectivity index (χ1v) is 7.38. The molecule has 0 heterocycles. The maximum Gasteiger partial charge on any atom is 0.260 e. The van der Waals surface area contributed by atoms with Crippen molar-refractivity contribution in [1.82, 2.24) is 0 Å². The number of hydrogen-bond acceptors (Lipinski definition) is 6. The number of hydrogen-bond donors (Lipinski definition) is 2. The molecular weight excluding hydrogens is 310 g/mol. The summed E-state index contributed by atoms with van der Waals surface area (Å²) in [5.41, 5.74) is 8.28. The smallest absolute Gasteiger partial charge is 0.260 e. The Morgan fingerprint density at radius 3 is 2.38 bits per heavy atom. The van der Waals surface area contributed by atoms with Crippen molar-refractivity contribution in [2.24, 2.45) is 5.73 Å². The van der Waals surface area contributed by atoms with Crippen LogP contribution in [-0.2, 0) is 18.9 Å². The van der Waals surface area contributed by atoms with Gasteiger partial charge in [-0.25, -0.2) is 0 Å². The molecule has 0 aromatic heterocycles. The molecular formula is C18H23NO5. The van der Waals surface area contributed by atoms with Gasteiger partial charge < -0.3 is 29.8 Å². The van der Waals surface area contributed by atoms with Crippen LogP contribution < -0.4 is 5.73 Å². The lowest BCUT2D eigenvalue weighted by Crippen LogP contribution is -2.53. The average molecular weight is 333 g/mol. The molecule has 0 saturated carbocycles. The molecule has 0 aliphatic heterocycles. The van der Waals surface area contributed by atoms with Crippen LogP contribution in [0.2, 0.25) is 0 Å². The first kappa shape index (κ1) is 18.1. The highest BCUT2D eigenvalue weighted by Crippen LogP contribution is 2.37. The van der Waals surface area contributed by atoms with E-state index >= 15 is 0 Å². The topological polar surface area (TPSA) is 83.2 Å². The number of benzene rings is 1. The van der Waals surface area contributed by atoms with E-state index in [1.807, 2.05) is 18.2 Å². The fourth-order valence-electron chi connectivity index (χ4n) is 2.75. The van der Waals surface area contributed by atoms with Gasteiger partial charge in [-0.1, -0.05) is 24.3 Å². The van der Waals surface area contributed by atoms with E-state index in [0.29, 0.717) is 17.0 Å². The maximum atomic E-state index is 9.54. The van der Waals surface area contributed by atoms with Crippen LogP contribution in [0.3, 0.4) is 0 Å². The highest BCUT2D eigenvalue weighted by Gasteiger charge is 2.49. The van der Waals surface area contributed by atoms with Gasteiger partial charge >= 0.3 is 0 Å². The van der Waals surface area contributed by atoms with Crippen LogP contribution in [0.4, 0.5) is 0 Å². The Kier molecular flexibility index (Phi) is 5.66. The first-order valence-electron chi connectivity index (χ1n) is 7.38. The molecule has 2 rings (SSSR count). The van der Waals surface area contributed by atoms with Gasteiger partial charge in [0.15, 0.2) is 11.9 Å². The zero-order chi connectivity index (χ0) is 17.7. The Labute approximate surface area is 141 Å². The monoisotopic (exact) mass is 333 g/mol. The molecule has 1 atom stereocenters.